The summed E-state index contributed by atoms with van der Waals surface area (Å²) in [5.74, 6) is -2.50. The van der Waals surface area contributed by atoms with Gasteiger partial charge in [-0.2, -0.15) is 8.42 Å². The molecule has 2 aliphatic heterocycles. The zero-order valence-corrected chi connectivity index (χ0v) is 29.9. The van der Waals surface area contributed by atoms with Gasteiger partial charge in [-0.1, -0.05) is 44.2 Å². The van der Waals surface area contributed by atoms with Crippen molar-refractivity contribution < 1.29 is 60.2 Å². The summed E-state index contributed by atoms with van der Waals surface area (Å²) in [4.78, 5) is 52.9. The number of esters is 4. The fraction of sp³-hybridized carbons (Fsp3) is 0.559. The molecule has 49 heavy (non-hydrogen) atoms. The van der Waals surface area contributed by atoms with Crippen molar-refractivity contribution in [2.75, 3.05) is 26.0 Å². The van der Waals surface area contributed by atoms with Gasteiger partial charge in [0.25, 0.3) is 10.1 Å². The molecular formula is C34H45NO13S. The van der Waals surface area contributed by atoms with E-state index in [0.717, 1.165) is 54.9 Å². The highest BCUT2D eigenvalue weighted by atomic mass is 32.2. The molecule has 270 valence electrons. The maximum Gasteiger partial charge on any atom is 0.303 e. The molecule has 5 atom stereocenters. The molecule has 0 saturated carbocycles. The lowest BCUT2D eigenvalue weighted by Gasteiger charge is -2.43. The van der Waals surface area contributed by atoms with Crippen molar-refractivity contribution in [2.24, 2.45) is 10.9 Å². The topological polar surface area (TPSA) is 179 Å². The SMILES string of the molecule is CC(=O)OC[C@H]1O[C@@H](OC2=NCC(C(C)C)=C2Cc2ccc(/C=C/CCOS(C)(=O)=O)cc2C)[C@H](OC(C)=O)[C@@H](OC(C)=O)[C@@H]1OC(C)=O. The number of hydrogen-bond acceptors (Lipinski definition) is 14. The Morgan fingerprint density at radius 2 is 1.59 bits per heavy atom. The number of aryl methyl sites for hydroxylation is 1. The van der Waals surface area contributed by atoms with Gasteiger partial charge in [0, 0.05) is 39.7 Å². The van der Waals surface area contributed by atoms with Crippen LogP contribution in [0.5, 0.6) is 0 Å². The summed E-state index contributed by atoms with van der Waals surface area (Å²) < 4.78 is 61.3. The van der Waals surface area contributed by atoms with E-state index in [-0.39, 0.29) is 25.0 Å². The first-order valence-corrected chi connectivity index (χ1v) is 17.6. The van der Waals surface area contributed by atoms with Gasteiger partial charge in [-0.3, -0.25) is 23.4 Å². The van der Waals surface area contributed by atoms with Crippen LogP contribution in [0.4, 0.5) is 0 Å². The van der Waals surface area contributed by atoms with Gasteiger partial charge in [0.1, 0.15) is 12.7 Å². The van der Waals surface area contributed by atoms with Gasteiger partial charge in [-0.25, -0.2) is 4.99 Å². The number of hydrogen-bond donors (Lipinski definition) is 0. The fourth-order valence-corrected chi connectivity index (χ4v) is 5.80. The minimum absolute atomic E-state index is 0.0558. The number of carbonyl (C=O) groups excluding carboxylic acids is 4. The lowest BCUT2D eigenvalue weighted by molar-refractivity contribution is -0.291. The predicted molar refractivity (Wildman–Crippen MR) is 177 cm³/mol. The smallest absolute Gasteiger partial charge is 0.303 e. The second kappa shape index (κ2) is 17.5. The number of rotatable bonds is 14. The molecule has 14 nitrogen and oxygen atoms in total. The van der Waals surface area contributed by atoms with Gasteiger partial charge in [-0.05, 0) is 41.5 Å². The Balaban J connectivity index is 1.92. The average molecular weight is 708 g/mol. The molecule has 0 unspecified atom stereocenters. The summed E-state index contributed by atoms with van der Waals surface area (Å²) in [6.07, 6.45) is -1.03. The van der Waals surface area contributed by atoms with Crippen LogP contribution in [0.25, 0.3) is 6.08 Å². The van der Waals surface area contributed by atoms with E-state index < -0.39 is 64.7 Å². The highest BCUT2D eigenvalue weighted by Gasteiger charge is 2.54. The van der Waals surface area contributed by atoms with Crippen molar-refractivity contribution in [1.29, 1.82) is 0 Å². The van der Waals surface area contributed by atoms with Crippen LogP contribution >= 0.6 is 0 Å². The monoisotopic (exact) mass is 707 g/mol. The molecule has 0 radical (unpaired) electrons. The van der Waals surface area contributed by atoms with Crippen LogP contribution in [-0.2, 0) is 68.3 Å². The number of benzene rings is 1. The summed E-state index contributed by atoms with van der Waals surface area (Å²) >= 11 is 0. The molecule has 1 aromatic rings. The normalized spacial score (nSPS) is 22.6. The number of aliphatic imine (C=N–C) groups is 1. The minimum Gasteiger partial charge on any atom is -0.463 e. The highest BCUT2D eigenvalue weighted by Crippen LogP contribution is 2.33. The molecule has 1 fully saturated rings. The van der Waals surface area contributed by atoms with E-state index in [9.17, 15) is 27.6 Å². The molecular weight excluding hydrogens is 662 g/mol. The predicted octanol–water partition coefficient (Wildman–Crippen LogP) is 3.38. The largest absolute Gasteiger partial charge is 0.463 e. The standard InChI is InChI=1S/C34H45NO13S/c1-19(2)28-17-35-33(27(28)16-26-13-12-25(15-20(26)3)11-9-10-14-43-49(8,40)41)48-34-32(46-24(7)39)31(45-23(6)38)30(44-22(5)37)29(47-34)18-42-21(4)36/h9,11-13,15,19,29-32,34H,10,14,16-18H2,1-8H3/b11-9+/t29-,30-,31+,32-,34+/m1/s1. The minimum atomic E-state index is -3.49. The molecule has 1 saturated heterocycles. The fourth-order valence-electron chi connectivity index (χ4n) is 5.41. The Kier molecular flexibility index (Phi) is 14.1. The summed E-state index contributed by atoms with van der Waals surface area (Å²) in [6, 6.07) is 5.93. The van der Waals surface area contributed by atoms with E-state index in [4.69, 9.17) is 32.6 Å². The van der Waals surface area contributed by atoms with E-state index in [1.807, 2.05) is 51.1 Å². The first-order chi connectivity index (χ1) is 22.9. The second-order valence-corrected chi connectivity index (χ2v) is 13.7. The average Bonchev–Trinajstić information content (AvgIpc) is 3.37. The van der Waals surface area contributed by atoms with Crippen LogP contribution < -0.4 is 0 Å². The molecule has 15 heteroatoms. The van der Waals surface area contributed by atoms with Crippen LogP contribution in [0.1, 0.15) is 64.7 Å². The molecule has 0 bridgehead atoms. The Morgan fingerprint density at radius 3 is 2.16 bits per heavy atom. The van der Waals surface area contributed by atoms with Gasteiger partial charge in [0.15, 0.2) is 12.2 Å². The Labute approximate surface area is 286 Å². The molecule has 2 aliphatic rings. The molecule has 1 aromatic carbocycles. The first kappa shape index (κ1) is 39.4. The molecule has 0 N–H and O–H groups in total. The maximum absolute atomic E-state index is 12.3. The van der Waals surface area contributed by atoms with Crippen molar-refractivity contribution in [1.82, 2.24) is 0 Å². The van der Waals surface area contributed by atoms with E-state index in [0.29, 0.717) is 19.4 Å². The summed E-state index contributed by atoms with van der Waals surface area (Å²) in [6.45, 7) is 10.7. The quantitative estimate of drug-likeness (QED) is 0.119. The van der Waals surface area contributed by atoms with Crippen molar-refractivity contribution in [3.63, 3.8) is 0 Å². The van der Waals surface area contributed by atoms with Crippen LogP contribution in [0.15, 0.2) is 40.4 Å². The zero-order chi connectivity index (χ0) is 36.5. The van der Waals surface area contributed by atoms with Gasteiger partial charge in [0.05, 0.1) is 19.4 Å². The third-order valence-electron chi connectivity index (χ3n) is 7.54. The van der Waals surface area contributed by atoms with E-state index in [1.165, 1.54) is 6.92 Å². The highest BCUT2D eigenvalue weighted by molar-refractivity contribution is 7.85. The first-order valence-electron chi connectivity index (χ1n) is 15.8. The Bertz CT molecular complexity index is 1590. The molecule has 0 aromatic heterocycles. The molecule has 0 aliphatic carbocycles. The van der Waals surface area contributed by atoms with Crippen LogP contribution in [-0.4, -0.2) is 94.9 Å². The van der Waals surface area contributed by atoms with Crippen LogP contribution in [0, 0.1) is 12.8 Å². The van der Waals surface area contributed by atoms with Crippen LogP contribution in [0.2, 0.25) is 0 Å². The third kappa shape index (κ3) is 12.1. The molecule has 3 rings (SSSR count). The molecule has 0 spiro atoms. The van der Waals surface area contributed by atoms with Crippen molar-refractivity contribution in [3.05, 3.63) is 52.1 Å². The third-order valence-corrected chi connectivity index (χ3v) is 8.13. The number of carbonyl (C=O) groups is 4. The van der Waals surface area contributed by atoms with E-state index in [2.05, 4.69) is 4.99 Å². The number of nitrogens with zero attached hydrogens (tertiary/aromatic N) is 1. The Hall–Kier alpha value is -4.08. The van der Waals surface area contributed by atoms with Gasteiger partial charge >= 0.3 is 23.9 Å². The number of ether oxygens (including phenoxy) is 6. The van der Waals surface area contributed by atoms with Gasteiger partial charge in [0.2, 0.25) is 18.3 Å². The van der Waals surface area contributed by atoms with Crippen molar-refractivity contribution in [2.45, 2.75) is 92.0 Å². The molecule has 0 amide bonds. The van der Waals surface area contributed by atoms with Gasteiger partial charge in [-0.15, -0.1) is 0 Å². The Morgan fingerprint density at radius 1 is 0.959 bits per heavy atom. The van der Waals surface area contributed by atoms with E-state index >= 15 is 0 Å². The maximum atomic E-state index is 12.3. The second-order valence-electron chi connectivity index (χ2n) is 12.0. The van der Waals surface area contributed by atoms with Gasteiger partial charge < -0.3 is 28.4 Å². The molecule has 2 heterocycles. The van der Waals surface area contributed by atoms with Crippen molar-refractivity contribution >= 4 is 46.0 Å². The van der Waals surface area contributed by atoms with Crippen molar-refractivity contribution in [3.8, 4) is 0 Å². The lowest BCUT2D eigenvalue weighted by atomic mass is 9.92. The lowest BCUT2D eigenvalue weighted by Crippen LogP contribution is -2.63. The summed E-state index contributed by atoms with van der Waals surface area (Å²) in [7, 11) is -3.49. The van der Waals surface area contributed by atoms with E-state index in [1.54, 1.807) is 0 Å². The summed E-state index contributed by atoms with van der Waals surface area (Å²) in [5, 5.41) is 0. The zero-order valence-electron chi connectivity index (χ0n) is 29.0. The summed E-state index contributed by atoms with van der Waals surface area (Å²) in [5.41, 5.74) is 4.73. The van der Waals surface area contributed by atoms with Crippen LogP contribution in [0.3, 0.4) is 0 Å².